The number of ether oxygens (including phenoxy) is 1. The van der Waals surface area contributed by atoms with E-state index in [1.165, 1.54) is 6.07 Å². The van der Waals surface area contributed by atoms with Crippen molar-refractivity contribution in [2.45, 2.75) is 26.9 Å². The molecule has 0 radical (unpaired) electrons. The fraction of sp³-hybridized carbons (Fsp3) is 0.500. The van der Waals surface area contributed by atoms with E-state index >= 15 is 0 Å². The summed E-state index contributed by atoms with van der Waals surface area (Å²) in [7, 11) is 0. The predicted molar refractivity (Wildman–Crippen MR) is 63.8 cm³/mol. The Bertz CT molecular complexity index is 414. The molecule has 88 valence electrons. The molecule has 1 unspecified atom stereocenters. The summed E-state index contributed by atoms with van der Waals surface area (Å²) in [6.45, 7) is 6.99. The zero-order valence-corrected chi connectivity index (χ0v) is 10.4. The van der Waals surface area contributed by atoms with E-state index in [-0.39, 0.29) is 16.5 Å². The summed E-state index contributed by atoms with van der Waals surface area (Å²) < 4.78 is 19.1. The van der Waals surface area contributed by atoms with Crippen molar-refractivity contribution in [3.05, 3.63) is 23.0 Å². The van der Waals surface area contributed by atoms with Gasteiger partial charge in [-0.25, -0.2) is 4.39 Å². The number of fused-ring (bicyclic) bond motifs is 1. The van der Waals surface area contributed by atoms with E-state index in [2.05, 4.69) is 26.1 Å². The van der Waals surface area contributed by atoms with Gasteiger partial charge in [-0.1, -0.05) is 32.4 Å². The summed E-state index contributed by atoms with van der Waals surface area (Å²) in [6.07, 6.45) is 0.0283. The Hall–Kier alpha value is -0.960. The summed E-state index contributed by atoms with van der Waals surface area (Å²) in [5, 5.41) is 3.33. The third kappa shape index (κ3) is 2.09. The number of hydrogen-bond acceptors (Lipinski definition) is 2. The van der Waals surface area contributed by atoms with Crippen LogP contribution in [-0.4, -0.2) is 12.6 Å². The monoisotopic (exact) mass is 243 g/mol. The molecule has 4 heteroatoms. The van der Waals surface area contributed by atoms with Crippen LogP contribution in [0.5, 0.6) is 5.75 Å². The molecular formula is C12H15ClFNO. The SMILES string of the molecule is CC(C)(C)C1CNc2cc(Cl)c(F)cc2O1. The summed E-state index contributed by atoms with van der Waals surface area (Å²) in [5.41, 5.74) is 0.771. The molecule has 1 aliphatic rings. The molecule has 2 rings (SSSR count). The van der Waals surface area contributed by atoms with Gasteiger partial charge >= 0.3 is 0 Å². The zero-order valence-electron chi connectivity index (χ0n) is 9.60. The number of benzene rings is 1. The Labute approximate surface area is 99.7 Å². The summed E-state index contributed by atoms with van der Waals surface area (Å²) in [4.78, 5) is 0. The average molecular weight is 244 g/mol. The van der Waals surface area contributed by atoms with Crippen molar-refractivity contribution in [2.24, 2.45) is 5.41 Å². The fourth-order valence-corrected chi connectivity index (χ4v) is 1.81. The smallest absolute Gasteiger partial charge is 0.145 e. The Balaban J connectivity index is 2.31. The normalized spacial score (nSPS) is 19.7. The Morgan fingerprint density at radius 2 is 2.12 bits per heavy atom. The van der Waals surface area contributed by atoms with Gasteiger partial charge in [0.05, 0.1) is 17.3 Å². The van der Waals surface area contributed by atoms with Gasteiger partial charge in [0.25, 0.3) is 0 Å². The maximum atomic E-state index is 13.3. The van der Waals surface area contributed by atoms with Crippen molar-refractivity contribution in [1.82, 2.24) is 0 Å². The lowest BCUT2D eigenvalue weighted by molar-refractivity contribution is 0.0918. The largest absolute Gasteiger partial charge is 0.486 e. The lowest BCUT2D eigenvalue weighted by atomic mass is 9.88. The molecule has 0 aromatic heterocycles. The van der Waals surface area contributed by atoms with Crippen molar-refractivity contribution in [3.63, 3.8) is 0 Å². The van der Waals surface area contributed by atoms with Crippen molar-refractivity contribution >= 4 is 17.3 Å². The van der Waals surface area contributed by atoms with Crippen LogP contribution in [0.25, 0.3) is 0 Å². The van der Waals surface area contributed by atoms with E-state index in [4.69, 9.17) is 16.3 Å². The minimum Gasteiger partial charge on any atom is -0.486 e. The molecule has 1 aromatic rings. The molecule has 0 spiro atoms. The van der Waals surface area contributed by atoms with Crippen LogP contribution in [0.3, 0.4) is 0 Å². The first kappa shape index (κ1) is 11.5. The van der Waals surface area contributed by atoms with Gasteiger partial charge in [-0.3, -0.25) is 0 Å². The molecule has 0 fully saturated rings. The topological polar surface area (TPSA) is 21.3 Å². The number of anilines is 1. The first-order valence-corrected chi connectivity index (χ1v) is 5.65. The highest BCUT2D eigenvalue weighted by molar-refractivity contribution is 6.31. The molecule has 1 aromatic carbocycles. The molecule has 0 saturated carbocycles. The summed E-state index contributed by atoms with van der Waals surface area (Å²) >= 11 is 5.70. The fourth-order valence-electron chi connectivity index (χ4n) is 1.64. The highest BCUT2D eigenvalue weighted by Gasteiger charge is 2.30. The Kier molecular flexibility index (Phi) is 2.74. The summed E-state index contributed by atoms with van der Waals surface area (Å²) in [6, 6.07) is 2.90. The second-order valence-corrected chi connectivity index (χ2v) is 5.52. The molecule has 1 heterocycles. The molecule has 1 N–H and O–H groups in total. The molecular weight excluding hydrogens is 229 g/mol. The molecule has 0 amide bonds. The molecule has 0 aliphatic carbocycles. The van der Waals surface area contributed by atoms with E-state index in [9.17, 15) is 4.39 Å². The third-order valence-electron chi connectivity index (χ3n) is 2.74. The second kappa shape index (κ2) is 3.81. The molecule has 0 saturated heterocycles. The van der Waals surface area contributed by atoms with Crippen LogP contribution in [0.15, 0.2) is 12.1 Å². The van der Waals surface area contributed by atoms with Crippen LogP contribution in [0.2, 0.25) is 5.02 Å². The average Bonchev–Trinajstić information content (AvgIpc) is 2.17. The maximum absolute atomic E-state index is 13.3. The van der Waals surface area contributed by atoms with Gasteiger partial charge in [-0.15, -0.1) is 0 Å². The van der Waals surface area contributed by atoms with Crippen molar-refractivity contribution in [3.8, 4) is 5.75 Å². The number of rotatable bonds is 0. The highest BCUT2D eigenvalue weighted by Crippen LogP contribution is 2.37. The predicted octanol–water partition coefficient (Wildman–Crippen LogP) is 3.70. The number of hydrogen-bond donors (Lipinski definition) is 1. The molecule has 0 bridgehead atoms. The van der Waals surface area contributed by atoms with Crippen LogP contribution >= 0.6 is 11.6 Å². The minimum atomic E-state index is -0.447. The van der Waals surface area contributed by atoms with Gasteiger partial charge in [0.15, 0.2) is 0 Å². The highest BCUT2D eigenvalue weighted by atomic mass is 35.5. The third-order valence-corrected chi connectivity index (χ3v) is 3.03. The number of nitrogens with one attached hydrogen (secondary N) is 1. The second-order valence-electron chi connectivity index (χ2n) is 5.12. The maximum Gasteiger partial charge on any atom is 0.145 e. The first-order chi connectivity index (χ1) is 7.38. The standard InChI is InChI=1S/C12H15ClFNO/c1-12(2,3)11-6-15-9-4-7(13)8(14)5-10(9)16-11/h4-5,11,15H,6H2,1-3H3. The Morgan fingerprint density at radius 1 is 1.44 bits per heavy atom. The van der Waals surface area contributed by atoms with Gasteiger partial charge in [0, 0.05) is 11.5 Å². The van der Waals surface area contributed by atoms with E-state index in [0.717, 1.165) is 5.69 Å². The van der Waals surface area contributed by atoms with Crippen LogP contribution in [0.1, 0.15) is 20.8 Å². The van der Waals surface area contributed by atoms with Crippen molar-refractivity contribution in [2.75, 3.05) is 11.9 Å². The van der Waals surface area contributed by atoms with Gasteiger partial charge in [0.2, 0.25) is 0 Å². The van der Waals surface area contributed by atoms with Crippen LogP contribution in [0, 0.1) is 11.2 Å². The van der Waals surface area contributed by atoms with Crippen molar-refractivity contribution < 1.29 is 9.13 Å². The lowest BCUT2D eigenvalue weighted by Gasteiger charge is -2.35. The molecule has 1 atom stereocenters. The van der Waals surface area contributed by atoms with Gasteiger partial charge in [-0.2, -0.15) is 0 Å². The minimum absolute atomic E-state index is 0.0147. The van der Waals surface area contributed by atoms with Gasteiger partial charge in [0.1, 0.15) is 17.7 Å². The van der Waals surface area contributed by atoms with Crippen LogP contribution in [-0.2, 0) is 0 Å². The van der Waals surface area contributed by atoms with Gasteiger partial charge < -0.3 is 10.1 Å². The van der Waals surface area contributed by atoms with Crippen LogP contribution in [0.4, 0.5) is 10.1 Å². The molecule has 16 heavy (non-hydrogen) atoms. The van der Waals surface area contributed by atoms with Crippen LogP contribution < -0.4 is 10.1 Å². The first-order valence-electron chi connectivity index (χ1n) is 5.27. The Morgan fingerprint density at radius 3 is 2.75 bits per heavy atom. The van der Waals surface area contributed by atoms with E-state index in [0.29, 0.717) is 12.3 Å². The van der Waals surface area contributed by atoms with E-state index in [1.54, 1.807) is 6.07 Å². The van der Waals surface area contributed by atoms with Gasteiger partial charge in [-0.05, 0) is 6.07 Å². The van der Waals surface area contributed by atoms with Crippen molar-refractivity contribution in [1.29, 1.82) is 0 Å². The number of halogens is 2. The quantitative estimate of drug-likeness (QED) is 0.750. The lowest BCUT2D eigenvalue weighted by Crippen LogP contribution is -2.41. The zero-order chi connectivity index (χ0) is 11.9. The molecule has 2 nitrogen and oxygen atoms in total. The van der Waals surface area contributed by atoms with E-state index < -0.39 is 5.82 Å². The molecule has 1 aliphatic heterocycles. The van der Waals surface area contributed by atoms with E-state index in [1.807, 2.05) is 0 Å². The summed E-state index contributed by atoms with van der Waals surface area (Å²) in [5.74, 6) is 0.0878.